The molecule has 0 fully saturated rings. The van der Waals surface area contributed by atoms with Crippen LogP contribution < -0.4 is 0 Å². The molecule has 0 aliphatic heterocycles. The Hall–Kier alpha value is -1.66. The van der Waals surface area contributed by atoms with Gasteiger partial charge in [-0.05, 0) is 12.1 Å². The van der Waals surface area contributed by atoms with Crippen molar-refractivity contribution in [2.24, 2.45) is 0 Å². The summed E-state index contributed by atoms with van der Waals surface area (Å²) < 4.78 is 26.4. The van der Waals surface area contributed by atoms with Crippen molar-refractivity contribution >= 4 is 10.0 Å². The number of para-hydroxylation sites is 1. The van der Waals surface area contributed by atoms with Crippen LogP contribution in [0.5, 0.6) is 0 Å². The summed E-state index contributed by atoms with van der Waals surface area (Å²) in [5.41, 5.74) is 0.827. The molecule has 0 bridgehead atoms. The molecule has 0 radical (unpaired) electrons. The summed E-state index contributed by atoms with van der Waals surface area (Å²) in [4.78, 5) is 0.186. The van der Waals surface area contributed by atoms with Crippen molar-refractivity contribution in [3.8, 4) is 5.69 Å². The van der Waals surface area contributed by atoms with Crippen molar-refractivity contribution in [2.75, 3.05) is 14.1 Å². The van der Waals surface area contributed by atoms with Gasteiger partial charge in [-0.2, -0.15) is 5.10 Å². The number of hydrogen-bond donors (Lipinski definition) is 0. The van der Waals surface area contributed by atoms with Crippen LogP contribution in [-0.2, 0) is 10.0 Å². The molecule has 5 nitrogen and oxygen atoms in total. The minimum atomic E-state index is -3.41. The zero-order valence-corrected chi connectivity index (χ0v) is 10.4. The van der Waals surface area contributed by atoms with Crippen LogP contribution >= 0.6 is 0 Å². The Morgan fingerprint density at radius 3 is 2.41 bits per heavy atom. The molecule has 0 saturated heterocycles. The first kappa shape index (κ1) is 11.8. The van der Waals surface area contributed by atoms with Crippen molar-refractivity contribution in [2.45, 2.75) is 4.90 Å². The molecule has 0 N–H and O–H groups in total. The highest BCUT2D eigenvalue weighted by Gasteiger charge is 2.19. The maximum Gasteiger partial charge on any atom is 0.245 e. The van der Waals surface area contributed by atoms with Crippen LogP contribution in [0.2, 0.25) is 0 Å². The van der Waals surface area contributed by atoms with E-state index < -0.39 is 10.0 Å². The quantitative estimate of drug-likeness (QED) is 0.821. The monoisotopic (exact) mass is 251 g/mol. The molecular formula is C11H13N3O2S. The van der Waals surface area contributed by atoms with Gasteiger partial charge < -0.3 is 0 Å². The molecule has 0 saturated carbocycles. The van der Waals surface area contributed by atoms with E-state index in [-0.39, 0.29) is 4.90 Å². The van der Waals surface area contributed by atoms with Crippen LogP contribution in [0.1, 0.15) is 0 Å². The lowest BCUT2D eigenvalue weighted by Crippen LogP contribution is -2.21. The summed E-state index contributed by atoms with van der Waals surface area (Å²) in [5, 5.41) is 4.05. The fourth-order valence-corrected chi connectivity index (χ4v) is 2.21. The lowest BCUT2D eigenvalue weighted by molar-refractivity contribution is 0.520. The fourth-order valence-electron chi connectivity index (χ4n) is 1.37. The van der Waals surface area contributed by atoms with Crippen LogP contribution in [0.25, 0.3) is 5.69 Å². The van der Waals surface area contributed by atoms with E-state index in [0.29, 0.717) is 0 Å². The molecule has 0 aliphatic carbocycles. The molecule has 6 heteroatoms. The van der Waals surface area contributed by atoms with E-state index in [4.69, 9.17) is 0 Å². The summed E-state index contributed by atoms with van der Waals surface area (Å²) in [6, 6.07) is 9.36. The van der Waals surface area contributed by atoms with E-state index in [1.165, 1.54) is 35.5 Å². The van der Waals surface area contributed by atoms with Crippen molar-refractivity contribution < 1.29 is 8.42 Å². The molecule has 90 valence electrons. The van der Waals surface area contributed by atoms with E-state index in [2.05, 4.69) is 5.10 Å². The normalized spacial score (nSPS) is 11.9. The molecule has 2 rings (SSSR count). The first-order chi connectivity index (χ1) is 8.01. The molecule has 1 heterocycles. The highest BCUT2D eigenvalue weighted by molar-refractivity contribution is 7.89. The Labute approximate surface area is 100 Å². The van der Waals surface area contributed by atoms with E-state index >= 15 is 0 Å². The second-order valence-corrected chi connectivity index (χ2v) is 5.90. The lowest BCUT2D eigenvalue weighted by Gasteiger charge is -2.08. The predicted molar refractivity (Wildman–Crippen MR) is 64.4 cm³/mol. The number of nitrogens with zero attached hydrogens (tertiary/aromatic N) is 3. The summed E-state index contributed by atoms with van der Waals surface area (Å²) in [6.45, 7) is 0. The van der Waals surface area contributed by atoms with Crippen LogP contribution in [0.3, 0.4) is 0 Å². The third kappa shape index (κ3) is 2.22. The molecular weight excluding hydrogens is 238 g/mol. The predicted octanol–water partition coefficient (Wildman–Crippen LogP) is 1.12. The number of hydrogen-bond acceptors (Lipinski definition) is 3. The molecule has 1 aromatic heterocycles. The summed E-state index contributed by atoms with van der Waals surface area (Å²) in [6.07, 6.45) is 2.85. The largest absolute Gasteiger partial charge is 0.245 e. The first-order valence-electron chi connectivity index (χ1n) is 5.04. The molecule has 2 aromatic rings. The number of aromatic nitrogens is 2. The Bertz CT molecular complexity index is 603. The van der Waals surface area contributed by atoms with Gasteiger partial charge in [-0.15, -0.1) is 0 Å². The molecule has 17 heavy (non-hydrogen) atoms. The third-order valence-corrected chi connectivity index (χ3v) is 4.13. The Kier molecular flexibility index (Phi) is 2.99. The van der Waals surface area contributed by atoms with Crippen molar-refractivity contribution in [1.29, 1.82) is 0 Å². The van der Waals surface area contributed by atoms with E-state index in [1.807, 2.05) is 30.3 Å². The molecule has 0 unspecified atom stereocenters. The van der Waals surface area contributed by atoms with Crippen molar-refractivity contribution in [3.05, 3.63) is 42.7 Å². The van der Waals surface area contributed by atoms with E-state index in [9.17, 15) is 8.42 Å². The summed E-state index contributed by atoms with van der Waals surface area (Å²) in [7, 11) is -0.424. The fraction of sp³-hybridized carbons (Fsp3) is 0.182. The second-order valence-electron chi connectivity index (χ2n) is 3.74. The van der Waals surface area contributed by atoms with Crippen LogP contribution in [0.4, 0.5) is 0 Å². The van der Waals surface area contributed by atoms with Gasteiger partial charge in [0, 0.05) is 14.1 Å². The molecule has 0 atom stereocenters. The van der Waals surface area contributed by atoms with Gasteiger partial charge in [0.1, 0.15) is 4.90 Å². The van der Waals surface area contributed by atoms with Crippen molar-refractivity contribution in [1.82, 2.24) is 14.1 Å². The molecule has 0 amide bonds. The molecule has 1 aromatic carbocycles. The summed E-state index contributed by atoms with van der Waals surface area (Å²) in [5.74, 6) is 0. The minimum absolute atomic E-state index is 0.186. The number of rotatable bonds is 3. The summed E-state index contributed by atoms with van der Waals surface area (Å²) >= 11 is 0. The lowest BCUT2D eigenvalue weighted by atomic mass is 10.3. The first-order valence-corrected chi connectivity index (χ1v) is 6.48. The Balaban J connectivity index is 2.42. The standard InChI is InChI=1S/C11H13N3O2S/c1-13(2)17(15,16)11-8-12-14(9-11)10-6-4-3-5-7-10/h3-9H,1-2H3. The van der Waals surface area contributed by atoms with E-state index in [1.54, 1.807) is 0 Å². The Morgan fingerprint density at radius 2 is 1.82 bits per heavy atom. The Morgan fingerprint density at radius 1 is 1.18 bits per heavy atom. The SMILES string of the molecule is CN(C)S(=O)(=O)c1cnn(-c2ccccc2)c1. The van der Waals surface area contributed by atoms with Gasteiger partial charge in [0.25, 0.3) is 0 Å². The highest BCUT2D eigenvalue weighted by atomic mass is 32.2. The van der Waals surface area contributed by atoms with Crippen LogP contribution in [0.15, 0.2) is 47.6 Å². The molecule has 0 spiro atoms. The van der Waals surface area contributed by atoms with E-state index in [0.717, 1.165) is 5.69 Å². The van der Waals surface area contributed by atoms with Gasteiger partial charge in [-0.25, -0.2) is 17.4 Å². The smallest absolute Gasteiger partial charge is 0.240 e. The average Bonchev–Trinajstić information content (AvgIpc) is 2.80. The van der Waals surface area contributed by atoms with Gasteiger partial charge >= 0.3 is 0 Å². The maximum absolute atomic E-state index is 11.8. The second kappa shape index (κ2) is 4.31. The van der Waals surface area contributed by atoms with Crippen molar-refractivity contribution in [3.63, 3.8) is 0 Å². The molecule has 0 aliphatic rings. The van der Waals surface area contributed by atoms with Gasteiger partial charge in [0.2, 0.25) is 10.0 Å². The van der Waals surface area contributed by atoms with Crippen LogP contribution in [0, 0.1) is 0 Å². The highest BCUT2D eigenvalue weighted by Crippen LogP contribution is 2.14. The van der Waals surface area contributed by atoms with Gasteiger partial charge in [-0.3, -0.25) is 0 Å². The number of benzene rings is 1. The maximum atomic E-state index is 11.8. The van der Waals surface area contributed by atoms with Gasteiger partial charge in [0.15, 0.2) is 0 Å². The average molecular weight is 251 g/mol. The van der Waals surface area contributed by atoms with Gasteiger partial charge in [0.05, 0.1) is 18.1 Å². The van der Waals surface area contributed by atoms with Crippen LogP contribution in [-0.4, -0.2) is 36.6 Å². The number of sulfonamides is 1. The third-order valence-electron chi connectivity index (χ3n) is 2.36. The topological polar surface area (TPSA) is 55.2 Å². The zero-order valence-electron chi connectivity index (χ0n) is 9.61. The van der Waals surface area contributed by atoms with Gasteiger partial charge in [-0.1, -0.05) is 18.2 Å². The minimum Gasteiger partial charge on any atom is -0.240 e. The zero-order chi connectivity index (χ0) is 12.5.